The maximum Gasteiger partial charge on any atom is 0.137 e. The molecule has 0 aliphatic heterocycles. The minimum Gasteiger partial charge on any atom is -0.321 e. The van der Waals surface area contributed by atoms with E-state index in [-0.39, 0.29) is 6.17 Å². The molecule has 2 N–H and O–H groups in total. The van der Waals surface area contributed by atoms with Gasteiger partial charge in [-0.2, -0.15) is 0 Å². The summed E-state index contributed by atoms with van der Waals surface area (Å²) >= 11 is 0. The van der Waals surface area contributed by atoms with Crippen molar-refractivity contribution in [3.05, 3.63) is 179 Å². The first-order valence-electron chi connectivity index (χ1n) is 20.7. The summed E-state index contributed by atoms with van der Waals surface area (Å²) in [6.45, 7) is 12.7. The third kappa shape index (κ3) is 5.08. The number of hydrogen-bond acceptors (Lipinski definition) is 2. The zero-order valence-electron chi connectivity index (χ0n) is 33.7. The van der Waals surface area contributed by atoms with Crippen LogP contribution in [0.1, 0.15) is 52.0 Å². The Kier molecular flexibility index (Phi) is 7.80. The molecule has 4 heteroatoms. The molecule has 1 atom stereocenters. The molecule has 3 aromatic heterocycles. The SMILES string of the molecule is C=C/C(C)=C\C(N)n1c2ccc(-c3ccccc3C)cc2c2cc3c4c(c21)CCc1cc2c5cc(-c6ccccc6C)ccc5n(-c5cc(C)ccn5)c2c(c1-4)CC3. The lowest BCUT2D eigenvalue weighted by atomic mass is 9.74. The van der Waals surface area contributed by atoms with Gasteiger partial charge in [0.15, 0.2) is 0 Å². The van der Waals surface area contributed by atoms with E-state index >= 15 is 0 Å². The van der Waals surface area contributed by atoms with Crippen molar-refractivity contribution >= 4 is 43.6 Å². The van der Waals surface area contributed by atoms with Gasteiger partial charge in [-0.15, -0.1) is 0 Å². The van der Waals surface area contributed by atoms with Crippen LogP contribution in [0.15, 0.2) is 140 Å². The highest BCUT2D eigenvalue weighted by molar-refractivity contribution is 6.16. The highest BCUT2D eigenvalue weighted by Crippen LogP contribution is 2.51. The van der Waals surface area contributed by atoms with Crippen molar-refractivity contribution in [2.45, 2.75) is 59.5 Å². The molecule has 6 aromatic carbocycles. The summed E-state index contributed by atoms with van der Waals surface area (Å²) in [6.07, 6.45) is 9.54. The number of benzene rings is 6. The van der Waals surface area contributed by atoms with Crippen molar-refractivity contribution in [1.29, 1.82) is 0 Å². The largest absolute Gasteiger partial charge is 0.321 e. The van der Waals surface area contributed by atoms with Crippen LogP contribution in [-0.4, -0.2) is 14.1 Å². The molecular formula is C54H46N4. The quantitative estimate of drug-likeness (QED) is 0.172. The fourth-order valence-electron chi connectivity index (χ4n) is 10.4. The van der Waals surface area contributed by atoms with E-state index in [4.69, 9.17) is 10.7 Å². The Morgan fingerprint density at radius 3 is 1.83 bits per heavy atom. The summed E-state index contributed by atoms with van der Waals surface area (Å²) in [4.78, 5) is 5.02. The van der Waals surface area contributed by atoms with Crippen molar-refractivity contribution in [3.8, 4) is 39.2 Å². The molecule has 0 amide bonds. The molecule has 2 aliphatic carbocycles. The lowest BCUT2D eigenvalue weighted by molar-refractivity contribution is 0.669. The molecule has 0 saturated carbocycles. The van der Waals surface area contributed by atoms with Crippen molar-refractivity contribution in [2.24, 2.45) is 5.73 Å². The number of nitrogens with two attached hydrogens (primary N) is 1. The smallest absolute Gasteiger partial charge is 0.137 e. The van der Waals surface area contributed by atoms with E-state index in [1.54, 1.807) is 0 Å². The van der Waals surface area contributed by atoms with Gasteiger partial charge in [0.2, 0.25) is 0 Å². The minimum atomic E-state index is -0.346. The van der Waals surface area contributed by atoms with Crippen LogP contribution < -0.4 is 5.73 Å². The Hall–Kier alpha value is -6.49. The third-order valence-corrected chi connectivity index (χ3v) is 13.1. The lowest BCUT2D eigenvalue weighted by Crippen LogP contribution is -2.20. The second kappa shape index (κ2) is 13.0. The monoisotopic (exact) mass is 750 g/mol. The van der Waals surface area contributed by atoms with Crippen LogP contribution in [0.5, 0.6) is 0 Å². The van der Waals surface area contributed by atoms with Crippen LogP contribution in [0.4, 0.5) is 0 Å². The van der Waals surface area contributed by atoms with Gasteiger partial charge in [-0.25, -0.2) is 4.98 Å². The average Bonchev–Trinajstić information content (AvgIpc) is 3.75. The van der Waals surface area contributed by atoms with Crippen molar-refractivity contribution in [2.75, 3.05) is 0 Å². The van der Waals surface area contributed by atoms with Gasteiger partial charge in [-0.1, -0.05) is 78.9 Å². The fourth-order valence-corrected chi connectivity index (χ4v) is 10.4. The predicted molar refractivity (Wildman–Crippen MR) is 244 cm³/mol. The second-order valence-electron chi connectivity index (χ2n) is 16.7. The second-order valence-corrected chi connectivity index (χ2v) is 16.7. The molecule has 2 aliphatic rings. The number of allylic oxidation sites excluding steroid dienone is 2. The van der Waals surface area contributed by atoms with Crippen molar-refractivity contribution in [3.63, 3.8) is 0 Å². The highest BCUT2D eigenvalue weighted by atomic mass is 15.1. The molecule has 0 spiro atoms. The van der Waals surface area contributed by atoms with Gasteiger partial charge in [-0.05, 0) is 180 Å². The standard InChI is InChI=1S/C54H46N4/c1-6-31(2)25-49(55)57-47-21-17-35(39-13-9-7-11-33(39)4)27-43(47)45-29-37-16-20-42-52-38(15-19-41(51(37)52)53(45)57)30-46-44-28-36(40-14-10-8-12-34(40)5)18-22-48(44)58(54(42)46)50-26-32(3)23-24-56-50/h6-14,17-18,21-30,49H,1,15-16,19-20,55H2,2-5H3/b31-25-. The van der Waals surface area contributed by atoms with E-state index < -0.39 is 0 Å². The molecular weight excluding hydrogens is 705 g/mol. The van der Waals surface area contributed by atoms with E-state index in [1.165, 1.54) is 116 Å². The Morgan fingerprint density at radius 2 is 1.22 bits per heavy atom. The Balaban J connectivity index is 1.22. The first-order valence-corrected chi connectivity index (χ1v) is 20.7. The number of aromatic nitrogens is 3. The Labute approximate surface area is 339 Å². The van der Waals surface area contributed by atoms with E-state index in [0.717, 1.165) is 37.1 Å². The number of rotatable bonds is 6. The van der Waals surface area contributed by atoms with Gasteiger partial charge in [0.05, 0.1) is 22.1 Å². The van der Waals surface area contributed by atoms with Crippen molar-refractivity contribution < 1.29 is 0 Å². The summed E-state index contributed by atoms with van der Waals surface area (Å²) < 4.78 is 4.86. The van der Waals surface area contributed by atoms with Crippen LogP contribution in [0.2, 0.25) is 0 Å². The lowest BCUT2D eigenvalue weighted by Gasteiger charge is -2.31. The van der Waals surface area contributed by atoms with Gasteiger partial charge in [0.1, 0.15) is 12.0 Å². The summed E-state index contributed by atoms with van der Waals surface area (Å²) in [5.41, 5.74) is 30.6. The zero-order valence-corrected chi connectivity index (χ0v) is 33.7. The molecule has 0 radical (unpaired) electrons. The molecule has 0 fully saturated rings. The van der Waals surface area contributed by atoms with Gasteiger partial charge < -0.3 is 10.3 Å². The van der Waals surface area contributed by atoms with E-state index in [1.807, 2.05) is 12.3 Å². The first kappa shape index (κ1) is 34.7. The normalized spacial score (nSPS) is 14.1. The Morgan fingerprint density at radius 1 is 0.655 bits per heavy atom. The topological polar surface area (TPSA) is 48.8 Å². The number of fused-ring (bicyclic) bond motifs is 8. The molecule has 9 aromatic rings. The maximum atomic E-state index is 7.24. The van der Waals surface area contributed by atoms with Gasteiger partial charge in [0.25, 0.3) is 0 Å². The van der Waals surface area contributed by atoms with Crippen molar-refractivity contribution in [1.82, 2.24) is 14.1 Å². The van der Waals surface area contributed by atoms with Gasteiger partial charge in [0, 0.05) is 27.7 Å². The molecule has 1 unspecified atom stereocenters. The third-order valence-electron chi connectivity index (χ3n) is 13.1. The number of aryl methyl sites for hydroxylation is 7. The molecule has 282 valence electrons. The molecule has 4 nitrogen and oxygen atoms in total. The van der Waals surface area contributed by atoms with Crippen LogP contribution >= 0.6 is 0 Å². The van der Waals surface area contributed by atoms with Crippen LogP contribution in [0.25, 0.3) is 82.8 Å². The number of pyridine rings is 1. The first-order chi connectivity index (χ1) is 28.3. The van der Waals surface area contributed by atoms with E-state index in [0.29, 0.717) is 0 Å². The van der Waals surface area contributed by atoms with Crippen LogP contribution in [-0.2, 0) is 25.7 Å². The van der Waals surface area contributed by atoms with Crippen LogP contribution in [0.3, 0.4) is 0 Å². The summed E-state index contributed by atoms with van der Waals surface area (Å²) in [7, 11) is 0. The number of hydrogen-bond donors (Lipinski definition) is 1. The summed E-state index contributed by atoms with van der Waals surface area (Å²) in [6, 6.07) is 40.8. The predicted octanol–water partition coefficient (Wildman–Crippen LogP) is 13.0. The maximum absolute atomic E-state index is 7.24. The van der Waals surface area contributed by atoms with Gasteiger partial charge >= 0.3 is 0 Å². The molecule has 0 saturated heterocycles. The molecule has 0 bridgehead atoms. The summed E-state index contributed by atoms with van der Waals surface area (Å²) in [5, 5.41) is 5.16. The van der Waals surface area contributed by atoms with E-state index in [2.05, 4.69) is 159 Å². The fraction of sp³-hybridized carbons (Fsp3) is 0.167. The zero-order chi connectivity index (χ0) is 39.4. The minimum absolute atomic E-state index is 0.346. The average molecular weight is 751 g/mol. The molecule has 58 heavy (non-hydrogen) atoms. The van der Waals surface area contributed by atoms with Gasteiger partial charge in [-0.3, -0.25) is 4.57 Å². The molecule has 11 rings (SSSR count). The number of nitrogens with zero attached hydrogens (tertiary/aromatic N) is 3. The Bertz CT molecular complexity index is 3260. The van der Waals surface area contributed by atoms with Crippen LogP contribution in [0, 0.1) is 20.8 Å². The molecule has 3 heterocycles. The highest BCUT2D eigenvalue weighted by Gasteiger charge is 2.33. The van der Waals surface area contributed by atoms with E-state index in [9.17, 15) is 0 Å². The summed E-state index contributed by atoms with van der Waals surface area (Å²) in [5.74, 6) is 0.969.